The van der Waals surface area contributed by atoms with Gasteiger partial charge in [0, 0.05) is 29.8 Å². The molecule has 2 saturated heterocycles. The maximum absolute atomic E-state index is 12.2. The van der Waals surface area contributed by atoms with E-state index in [2.05, 4.69) is 21.6 Å². The van der Waals surface area contributed by atoms with E-state index in [9.17, 15) is 4.79 Å². The van der Waals surface area contributed by atoms with E-state index in [1.807, 2.05) is 18.2 Å². The third-order valence-electron chi connectivity index (χ3n) is 4.33. The Morgan fingerprint density at radius 2 is 2.09 bits per heavy atom. The first kappa shape index (κ1) is 20.4. The Kier molecular flexibility index (Phi) is 8.48. The summed E-state index contributed by atoms with van der Waals surface area (Å²) in [6.45, 7) is 2.78. The van der Waals surface area contributed by atoms with Gasteiger partial charge in [0.2, 0.25) is 5.91 Å². The number of benzene rings is 1. The zero-order chi connectivity index (χ0) is 14.7. The molecule has 0 saturated carbocycles. The molecule has 2 aliphatic rings. The lowest BCUT2D eigenvalue weighted by Gasteiger charge is -2.24. The van der Waals surface area contributed by atoms with Gasteiger partial charge in [0.1, 0.15) is 0 Å². The number of carbonyl (C=O) groups is 1. The maximum atomic E-state index is 12.2. The van der Waals surface area contributed by atoms with Gasteiger partial charge in [-0.3, -0.25) is 4.79 Å². The summed E-state index contributed by atoms with van der Waals surface area (Å²) >= 11 is 6.04. The Bertz CT molecular complexity index is 509. The van der Waals surface area contributed by atoms with Crippen LogP contribution in [0.5, 0.6) is 0 Å². The molecule has 0 aromatic heterocycles. The average molecular weight is 381 g/mol. The Balaban J connectivity index is 0.00000132. The van der Waals surface area contributed by atoms with E-state index in [0.717, 1.165) is 49.6 Å². The number of carbonyl (C=O) groups excluding carboxylic acids is 1. The number of halogens is 3. The average Bonchev–Trinajstić information content (AvgIpc) is 2.97. The van der Waals surface area contributed by atoms with Crippen molar-refractivity contribution in [2.24, 2.45) is 0 Å². The highest BCUT2D eigenvalue weighted by Crippen LogP contribution is 2.23. The number of nitrogens with zero attached hydrogens (tertiary/aromatic N) is 1. The lowest BCUT2D eigenvalue weighted by Crippen LogP contribution is -2.50. The fourth-order valence-electron chi connectivity index (χ4n) is 3.16. The highest BCUT2D eigenvalue weighted by molar-refractivity contribution is 6.30. The van der Waals surface area contributed by atoms with Gasteiger partial charge < -0.3 is 15.5 Å². The van der Waals surface area contributed by atoms with E-state index >= 15 is 0 Å². The number of hydrogen-bond donors (Lipinski definition) is 2. The van der Waals surface area contributed by atoms with Crippen LogP contribution in [0.4, 0.5) is 5.69 Å². The van der Waals surface area contributed by atoms with Crippen molar-refractivity contribution >= 4 is 48.0 Å². The van der Waals surface area contributed by atoms with Gasteiger partial charge in [-0.1, -0.05) is 24.1 Å². The minimum atomic E-state index is -0.000954. The fourth-order valence-corrected chi connectivity index (χ4v) is 3.35. The standard InChI is InChI=1S/C16H22ClN3O.2ClH/c17-12-4-3-5-14(10-12)20-9-7-13(11-20)19-16(21)15-6-1-2-8-18-15;;/h3-5,10,13,15,18H,1-2,6-9,11H2,(H,19,21);2*1H/t13?,15-;;/m1../s1. The van der Waals surface area contributed by atoms with E-state index in [1.165, 1.54) is 6.42 Å². The quantitative estimate of drug-likeness (QED) is 0.847. The fraction of sp³-hybridized carbons (Fsp3) is 0.562. The molecule has 1 aromatic carbocycles. The highest BCUT2D eigenvalue weighted by Gasteiger charge is 2.27. The predicted molar refractivity (Wildman–Crippen MR) is 100 cm³/mol. The second kappa shape index (κ2) is 9.58. The number of anilines is 1. The Morgan fingerprint density at radius 1 is 1.26 bits per heavy atom. The van der Waals surface area contributed by atoms with Gasteiger partial charge in [0.25, 0.3) is 0 Å². The summed E-state index contributed by atoms with van der Waals surface area (Å²) in [5.74, 6) is 0.160. The summed E-state index contributed by atoms with van der Waals surface area (Å²) in [6.07, 6.45) is 4.27. The van der Waals surface area contributed by atoms with E-state index in [1.54, 1.807) is 0 Å². The molecule has 130 valence electrons. The van der Waals surface area contributed by atoms with Crippen LogP contribution in [0.25, 0.3) is 0 Å². The number of nitrogens with one attached hydrogen (secondary N) is 2. The van der Waals surface area contributed by atoms with Crippen LogP contribution in [0.15, 0.2) is 24.3 Å². The monoisotopic (exact) mass is 379 g/mol. The maximum Gasteiger partial charge on any atom is 0.237 e. The van der Waals surface area contributed by atoms with Crippen molar-refractivity contribution in [3.63, 3.8) is 0 Å². The molecule has 4 nitrogen and oxygen atoms in total. The van der Waals surface area contributed by atoms with Crippen molar-refractivity contribution in [2.45, 2.75) is 37.8 Å². The molecule has 0 spiro atoms. The molecule has 0 radical (unpaired) electrons. The molecule has 2 atom stereocenters. The number of piperidine rings is 1. The van der Waals surface area contributed by atoms with Crippen LogP contribution < -0.4 is 15.5 Å². The zero-order valence-corrected chi connectivity index (χ0v) is 15.4. The Hall–Kier alpha value is -0.680. The van der Waals surface area contributed by atoms with Crippen molar-refractivity contribution in [2.75, 3.05) is 24.5 Å². The lowest BCUT2D eigenvalue weighted by atomic mass is 10.0. The van der Waals surface area contributed by atoms with Gasteiger partial charge in [-0.2, -0.15) is 0 Å². The first-order valence-electron chi connectivity index (χ1n) is 7.76. The van der Waals surface area contributed by atoms with Crippen LogP contribution in [-0.4, -0.2) is 37.6 Å². The van der Waals surface area contributed by atoms with E-state index < -0.39 is 0 Å². The van der Waals surface area contributed by atoms with Gasteiger partial charge in [0.15, 0.2) is 0 Å². The smallest absolute Gasteiger partial charge is 0.237 e. The summed E-state index contributed by atoms with van der Waals surface area (Å²) < 4.78 is 0. The highest BCUT2D eigenvalue weighted by atomic mass is 35.5. The number of hydrogen-bond acceptors (Lipinski definition) is 3. The van der Waals surface area contributed by atoms with Crippen LogP contribution in [0, 0.1) is 0 Å². The van der Waals surface area contributed by atoms with Crippen molar-refractivity contribution in [1.82, 2.24) is 10.6 Å². The number of amides is 1. The van der Waals surface area contributed by atoms with Crippen molar-refractivity contribution in [3.05, 3.63) is 29.3 Å². The lowest BCUT2D eigenvalue weighted by molar-refractivity contribution is -0.124. The molecular formula is C16H24Cl3N3O. The van der Waals surface area contributed by atoms with Crippen molar-refractivity contribution in [1.29, 1.82) is 0 Å². The van der Waals surface area contributed by atoms with Crippen LogP contribution in [-0.2, 0) is 4.79 Å². The Morgan fingerprint density at radius 3 is 2.78 bits per heavy atom. The second-order valence-corrected chi connectivity index (χ2v) is 6.36. The van der Waals surface area contributed by atoms with Crippen LogP contribution in [0.2, 0.25) is 5.02 Å². The molecule has 1 unspecified atom stereocenters. The van der Waals surface area contributed by atoms with Gasteiger partial charge in [-0.05, 0) is 44.0 Å². The molecule has 3 rings (SSSR count). The first-order chi connectivity index (χ1) is 10.2. The van der Waals surface area contributed by atoms with Crippen LogP contribution in [0.3, 0.4) is 0 Å². The zero-order valence-electron chi connectivity index (χ0n) is 13.0. The van der Waals surface area contributed by atoms with Crippen LogP contribution in [0.1, 0.15) is 25.7 Å². The topological polar surface area (TPSA) is 44.4 Å². The Labute approximate surface area is 155 Å². The van der Waals surface area contributed by atoms with Gasteiger partial charge in [-0.15, -0.1) is 24.8 Å². The molecule has 23 heavy (non-hydrogen) atoms. The normalized spacial score (nSPS) is 23.6. The minimum Gasteiger partial charge on any atom is -0.369 e. The summed E-state index contributed by atoms with van der Waals surface area (Å²) in [7, 11) is 0. The third kappa shape index (κ3) is 5.42. The summed E-state index contributed by atoms with van der Waals surface area (Å²) in [5.41, 5.74) is 1.13. The summed E-state index contributed by atoms with van der Waals surface area (Å²) in [6, 6.07) is 8.14. The summed E-state index contributed by atoms with van der Waals surface area (Å²) in [4.78, 5) is 14.5. The van der Waals surface area contributed by atoms with E-state index in [0.29, 0.717) is 0 Å². The number of rotatable bonds is 3. The molecule has 0 aliphatic carbocycles. The van der Waals surface area contributed by atoms with Gasteiger partial charge in [-0.25, -0.2) is 0 Å². The molecule has 2 N–H and O–H groups in total. The van der Waals surface area contributed by atoms with Crippen molar-refractivity contribution < 1.29 is 4.79 Å². The van der Waals surface area contributed by atoms with Crippen LogP contribution >= 0.6 is 36.4 Å². The SMILES string of the molecule is Cl.Cl.O=C(NC1CCN(c2cccc(Cl)c2)C1)[C@H]1CCCCN1. The minimum absolute atomic E-state index is 0. The molecule has 7 heteroatoms. The molecule has 2 heterocycles. The first-order valence-corrected chi connectivity index (χ1v) is 8.14. The molecular weight excluding hydrogens is 357 g/mol. The summed E-state index contributed by atoms with van der Waals surface area (Å²) in [5, 5.41) is 7.24. The third-order valence-corrected chi connectivity index (χ3v) is 4.57. The predicted octanol–water partition coefficient (Wildman–Crippen LogP) is 3.02. The van der Waals surface area contributed by atoms with E-state index in [-0.39, 0.29) is 42.8 Å². The second-order valence-electron chi connectivity index (χ2n) is 5.92. The molecule has 1 aromatic rings. The van der Waals surface area contributed by atoms with E-state index in [4.69, 9.17) is 11.6 Å². The molecule has 2 fully saturated rings. The molecule has 0 bridgehead atoms. The molecule has 1 amide bonds. The molecule has 2 aliphatic heterocycles. The van der Waals surface area contributed by atoms with Gasteiger partial charge in [0.05, 0.1) is 6.04 Å². The van der Waals surface area contributed by atoms with Gasteiger partial charge >= 0.3 is 0 Å². The van der Waals surface area contributed by atoms with Crippen molar-refractivity contribution in [3.8, 4) is 0 Å². The largest absolute Gasteiger partial charge is 0.369 e.